The first-order chi connectivity index (χ1) is 8.36. The molecule has 2 aromatic rings. The predicted octanol–water partition coefficient (Wildman–Crippen LogP) is 2.44. The van der Waals surface area contributed by atoms with Gasteiger partial charge in [0, 0.05) is 35.7 Å². The summed E-state index contributed by atoms with van der Waals surface area (Å²) in [6, 6.07) is 7.80. The van der Waals surface area contributed by atoms with Crippen LogP contribution in [0.25, 0.3) is 11.3 Å². The molecule has 1 aliphatic rings. The Kier molecular flexibility index (Phi) is 2.79. The second-order valence-electron chi connectivity index (χ2n) is 4.05. The van der Waals surface area contributed by atoms with E-state index in [4.69, 9.17) is 11.6 Å². The number of benzene rings is 1. The Balaban J connectivity index is 2.18. The van der Waals surface area contributed by atoms with Gasteiger partial charge in [-0.25, -0.2) is 9.97 Å². The van der Waals surface area contributed by atoms with Crippen molar-refractivity contribution < 1.29 is 0 Å². The second kappa shape index (κ2) is 4.43. The third-order valence-corrected chi connectivity index (χ3v) is 3.33. The van der Waals surface area contributed by atoms with Gasteiger partial charge in [0.25, 0.3) is 0 Å². The Hall–Kier alpha value is -1.45. The van der Waals surface area contributed by atoms with Gasteiger partial charge in [-0.2, -0.15) is 0 Å². The number of fused-ring (bicyclic) bond motifs is 1. The molecule has 86 valence electrons. The third kappa shape index (κ3) is 1.92. The van der Waals surface area contributed by atoms with Crippen LogP contribution < -0.4 is 5.32 Å². The zero-order valence-electron chi connectivity index (χ0n) is 9.28. The van der Waals surface area contributed by atoms with Gasteiger partial charge < -0.3 is 5.32 Å². The van der Waals surface area contributed by atoms with E-state index >= 15 is 0 Å². The smallest absolute Gasteiger partial charge is 0.116 e. The van der Waals surface area contributed by atoms with E-state index in [1.807, 2.05) is 24.3 Å². The fourth-order valence-electron chi connectivity index (χ4n) is 2.16. The van der Waals surface area contributed by atoms with Crippen LogP contribution in [0.5, 0.6) is 0 Å². The summed E-state index contributed by atoms with van der Waals surface area (Å²) in [6.45, 7) is 1.79. The van der Waals surface area contributed by atoms with Crippen LogP contribution in [0.3, 0.4) is 0 Å². The van der Waals surface area contributed by atoms with Crippen molar-refractivity contribution in [3.63, 3.8) is 0 Å². The molecule has 1 aliphatic heterocycles. The van der Waals surface area contributed by atoms with E-state index in [1.54, 1.807) is 6.33 Å². The first-order valence-electron chi connectivity index (χ1n) is 5.64. The number of nitrogens with one attached hydrogen (secondary N) is 1. The minimum Gasteiger partial charge on any atom is -0.312 e. The zero-order chi connectivity index (χ0) is 11.7. The van der Waals surface area contributed by atoms with Gasteiger partial charge in [0.2, 0.25) is 0 Å². The van der Waals surface area contributed by atoms with Crippen molar-refractivity contribution in [1.82, 2.24) is 15.3 Å². The molecule has 0 aliphatic carbocycles. The molecule has 3 nitrogen and oxygen atoms in total. The van der Waals surface area contributed by atoms with E-state index in [1.165, 1.54) is 5.56 Å². The van der Waals surface area contributed by atoms with Crippen LogP contribution >= 0.6 is 11.6 Å². The molecule has 1 N–H and O–H groups in total. The maximum atomic E-state index is 6.22. The molecule has 0 bridgehead atoms. The van der Waals surface area contributed by atoms with Crippen LogP contribution in [0.1, 0.15) is 11.3 Å². The van der Waals surface area contributed by atoms with Crippen LogP contribution in [0.2, 0.25) is 5.02 Å². The summed E-state index contributed by atoms with van der Waals surface area (Å²) in [5.41, 5.74) is 4.24. The average Bonchev–Trinajstić information content (AvgIpc) is 2.39. The lowest BCUT2D eigenvalue weighted by atomic mass is 10.0. The normalized spacial score (nSPS) is 14.4. The Labute approximate surface area is 105 Å². The molecule has 0 fully saturated rings. The van der Waals surface area contributed by atoms with Crippen molar-refractivity contribution >= 4 is 11.6 Å². The fourth-order valence-corrected chi connectivity index (χ4v) is 2.38. The van der Waals surface area contributed by atoms with Crippen LogP contribution in [0, 0.1) is 0 Å². The van der Waals surface area contributed by atoms with Crippen LogP contribution in [0.15, 0.2) is 30.6 Å². The highest BCUT2D eigenvalue weighted by molar-refractivity contribution is 6.33. The molecule has 17 heavy (non-hydrogen) atoms. The van der Waals surface area contributed by atoms with E-state index in [2.05, 4.69) is 15.3 Å². The van der Waals surface area contributed by atoms with E-state index in [9.17, 15) is 0 Å². The predicted molar refractivity (Wildman–Crippen MR) is 67.9 cm³/mol. The molecule has 0 amide bonds. The highest BCUT2D eigenvalue weighted by Gasteiger charge is 2.17. The number of rotatable bonds is 1. The Morgan fingerprint density at radius 2 is 2.06 bits per heavy atom. The summed E-state index contributed by atoms with van der Waals surface area (Å²) in [7, 11) is 0. The molecule has 0 saturated carbocycles. The second-order valence-corrected chi connectivity index (χ2v) is 4.46. The minimum atomic E-state index is 0.735. The van der Waals surface area contributed by atoms with Gasteiger partial charge in [0.05, 0.1) is 11.4 Å². The molecule has 4 heteroatoms. The molecule has 0 saturated heterocycles. The topological polar surface area (TPSA) is 37.8 Å². The highest BCUT2D eigenvalue weighted by Crippen LogP contribution is 2.30. The van der Waals surface area contributed by atoms with Crippen molar-refractivity contribution in [2.75, 3.05) is 6.54 Å². The molecule has 2 heterocycles. The molecule has 1 aromatic carbocycles. The Morgan fingerprint density at radius 3 is 2.94 bits per heavy atom. The molecular formula is C13H12ClN3. The van der Waals surface area contributed by atoms with Gasteiger partial charge in [-0.05, 0) is 6.07 Å². The first-order valence-corrected chi connectivity index (χ1v) is 6.02. The molecule has 0 spiro atoms. The van der Waals surface area contributed by atoms with E-state index in [0.29, 0.717) is 0 Å². The van der Waals surface area contributed by atoms with Crippen LogP contribution in [0.4, 0.5) is 0 Å². The number of hydrogen-bond acceptors (Lipinski definition) is 3. The lowest BCUT2D eigenvalue weighted by molar-refractivity contribution is 0.627. The quantitative estimate of drug-likeness (QED) is 0.839. The molecule has 1 aromatic heterocycles. The molecule has 3 rings (SSSR count). The summed E-state index contributed by atoms with van der Waals surface area (Å²) >= 11 is 6.22. The fraction of sp³-hybridized carbons (Fsp3) is 0.231. The SMILES string of the molecule is Clc1ccccc1-c1ncnc2c1CNCC2. The summed E-state index contributed by atoms with van der Waals surface area (Å²) in [6.07, 6.45) is 2.58. The van der Waals surface area contributed by atoms with Crippen LogP contribution in [-0.2, 0) is 13.0 Å². The Morgan fingerprint density at radius 1 is 1.18 bits per heavy atom. The number of nitrogens with zero attached hydrogens (tertiary/aromatic N) is 2. The molecular weight excluding hydrogens is 234 g/mol. The Bertz CT molecular complexity index is 554. The van der Waals surface area contributed by atoms with E-state index in [0.717, 1.165) is 41.5 Å². The zero-order valence-corrected chi connectivity index (χ0v) is 10.0. The van der Waals surface area contributed by atoms with Crippen molar-refractivity contribution in [3.05, 3.63) is 46.9 Å². The maximum Gasteiger partial charge on any atom is 0.116 e. The van der Waals surface area contributed by atoms with Gasteiger partial charge in [-0.1, -0.05) is 29.8 Å². The molecule has 0 radical (unpaired) electrons. The number of halogens is 1. The van der Waals surface area contributed by atoms with Crippen LogP contribution in [-0.4, -0.2) is 16.5 Å². The van der Waals surface area contributed by atoms with Gasteiger partial charge in [0.1, 0.15) is 6.33 Å². The molecule has 0 unspecified atom stereocenters. The lowest BCUT2D eigenvalue weighted by Gasteiger charge is -2.18. The summed E-state index contributed by atoms with van der Waals surface area (Å²) < 4.78 is 0. The summed E-state index contributed by atoms with van der Waals surface area (Å²) in [5.74, 6) is 0. The highest BCUT2D eigenvalue weighted by atomic mass is 35.5. The van der Waals surface area contributed by atoms with Gasteiger partial charge in [-0.3, -0.25) is 0 Å². The minimum absolute atomic E-state index is 0.735. The average molecular weight is 246 g/mol. The van der Waals surface area contributed by atoms with Gasteiger partial charge in [-0.15, -0.1) is 0 Å². The third-order valence-electron chi connectivity index (χ3n) is 3.00. The van der Waals surface area contributed by atoms with Crippen molar-refractivity contribution in [2.45, 2.75) is 13.0 Å². The van der Waals surface area contributed by atoms with E-state index in [-0.39, 0.29) is 0 Å². The van der Waals surface area contributed by atoms with Gasteiger partial charge >= 0.3 is 0 Å². The van der Waals surface area contributed by atoms with Gasteiger partial charge in [0.15, 0.2) is 0 Å². The number of aromatic nitrogens is 2. The summed E-state index contributed by atoms with van der Waals surface area (Å²) in [4.78, 5) is 8.73. The maximum absolute atomic E-state index is 6.22. The van der Waals surface area contributed by atoms with E-state index < -0.39 is 0 Å². The monoisotopic (exact) mass is 245 g/mol. The molecule has 0 atom stereocenters. The lowest BCUT2D eigenvalue weighted by Crippen LogP contribution is -2.25. The first kappa shape index (κ1) is 10.7. The number of hydrogen-bond donors (Lipinski definition) is 1. The largest absolute Gasteiger partial charge is 0.312 e. The summed E-state index contributed by atoms with van der Waals surface area (Å²) in [5, 5.41) is 4.08. The van der Waals surface area contributed by atoms with Crippen molar-refractivity contribution in [2.24, 2.45) is 0 Å². The van der Waals surface area contributed by atoms with Crippen molar-refractivity contribution in [1.29, 1.82) is 0 Å². The van der Waals surface area contributed by atoms with Crippen molar-refractivity contribution in [3.8, 4) is 11.3 Å². The standard InChI is InChI=1S/C13H12ClN3/c14-11-4-2-1-3-9(11)13-10-7-15-6-5-12(10)16-8-17-13/h1-4,8,15H,5-7H2.